The molecule has 124 valence electrons. The third-order valence-electron chi connectivity index (χ3n) is 5.37. The zero-order chi connectivity index (χ0) is 15.6. The maximum atomic E-state index is 12.1. The van der Waals surface area contributed by atoms with Crippen LogP contribution in [0.4, 0.5) is 0 Å². The first kappa shape index (κ1) is 17.2. The van der Waals surface area contributed by atoms with Crippen molar-refractivity contribution in [3.63, 3.8) is 0 Å². The molecule has 2 rings (SSSR count). The average Bonchev–Trinajstić information content (AvgIpc) is 3.28. The summed E-state index contributed by atoms with van der Waals surface area (Å²) in [5, 5.41) is 3.44. The number of hydrogen-bond acceptors (Lipinski definition) is 4. The lowest BCUT2D eigenvalue weighted by atomic mass is 9.94. The quantitative estimate of drug-likeness (QED) is 0.779. The standard InChI is InChI=1S/C16H32N2O2S/c1-5-13(4)15-11-18(8-9-21(19,20)12(2)3)16(10-17-15)14-6-7-14/h12-17H,5-11H2,1-4H3. The second kappa shape index (κ2) is 6.97. The normalized spacial score (nSPS) is 29.8. The lowest BCUT2D eigenvalue weighted by Crippen LogP contribution is -2.59. The molecule has 2 fully saturated rings. The van der Waals surface area contributed by atoms with E-state index >= 15 is 0 Å². The molecule has 0 radical (unpaired) electrons. The fourth-order valence-electron chi connectivity index (χ4n) is 3.20. The molecule has 3 atom stereocenters. The molecule has 1 aliphatic heterocycles. The van der Waals surface area contributed by atoms with Crippen molar-refractivity contribution in [3.8, 4) is 0 Å². The molecule has 1 saturated carbocycles. The summed E-state index contributed by atoms with van der Waals surface area (Å²) < 4.78 is 24.2. The van der Waals surface area contributed by atoms with Gasteiger partial charge in [0.25, 0.3) is 0 Å². The van der Waals surface area contributed by atoms with E-state index in [4.69, 9.17) is 0 Å². The number of nitrogens with one attached hydrogen (secondary N) is 1. The Hall–Kier alpha value is -0.130. The largest absolute Gasteiger partial charge is 0.311 e. The fourth-order valence-corrected chi connectivity index (χ4v) is 4.16. The van der Waals surface area contributed by atoms with Crippen LogP contribution in [0.2, 0.25) is 0 Å². The van der Waals surface area contributed by atoms with E-state index in [1.54, 1.807) is 13.8 Å². The van der Waals surface area contributed by atoms with Gasteiger partial charge < -0.3 is 5.32 Å². The van der Waals surface area contributed by atoms with Crippen LogP contribution in [0.15, 0.2) is 0 Å². The van der Waals surface area contributed by atoms with Gasteiger partial charge in [0, 0.05) is 31.7 Å². The Morgan fingerprint density at radius 1 is 1.24 bits per heavy atom. The van der Waals surface area contributed by atoms with Gasteiger partial charge in [-0.3, -0.25) is 4.90 Å². The van der Waals surface area contributed by atoms with Crippen molar-refractivity contribution >= 4 is 9.84 Å². The molecule has 1 N–H and O–H groups in total. The van der Waals surface area contributed by atoms with E-state index in [1.165, 1.54) is 19.3 Å². The first-order valence-corrected chi connectivity index (χ1v) is 10.3. The lowest BCUT2D eigenvalue weighted by molar-refractivity contribution is 0.102. The Morgan fingerprint density at radius 3 is 2.43 bits per heavy atom. The number of hydrogen-bond donors (Lipinski definition) is 1. The van der Waals surface area contributed by atoms with E-state index in [9.17, 15) is 8.42 Å². The van der Waals surface area contributed by atoms with Crippen LogP contribution in [0.1, 0.15) is 47.0 Å². The van der Waals surface area contributed by atoms with Gasteiger partial charge in [-0.15, -0.1) is 0 Å². The van der Waals surface area contributed by atoms with Gasteiger partial charge in [0.05, 0.1) is 11.0 Å². The van der Waals surface area contributed by atoms with Gasteiger partial charge >= 0.3 is 0 Å². The Balaban J connectivity index is 1.97. The van der Waals surface area contributed by atoms with Gasteiger partial charge in [-0.25, -0.2) is 8.42 Å². The molecule has 3 unspecified atom stereocenters. The summed E-state index contributed by atoms with van der Waals surface area (Å²) in [6.45, 7) is 10.8. The van der Waals surface area contributed by atoms with E-state index in [-0.39, 0.29) is 5.25 Å². The van der Waals surface area contributed by atoms with Crippen molar-refractivity contribution in [2.24, 2.45) is 11.8 Å². The molecule has 2 aliphatic rings. The molecule has 1 aliphatic carbocycles. The highest BCUT2D eigenvalue weighted by Crippen LogP contribution is 2.36. The predicted molar refractivity (Wildman–Crippen MR) is 88.3 cm³/mol. The van der Waals surface area contributed by atoms with Crippen LogP contribution >= 0.6 is 0 Å². The van der Waals surface area contributed by atoms with Gasteiger partial charge in [-0.2, -0.15) is 0 Å². The van der Waals surface area contributed by atoms with E-state index in [2.05, 4.69) is 24.1 Å². The maximum absolute atomic E-state index is 12.1. The van der Waals surface area contributed by atoms with E-state index in [1.807, 2.05) is 0 Å². The fraction of sp³-hybridized carbons (Fsp3) is 1.00. The molecule has 4 nitrogen and oxygen atoms in total. The number of rotatable bonds is 7. The van der Waals surface area contributed by atoms with Crippen LogP contribution in [0.3, 0.4) is 0 Å². The van der Waals surface area contributed by atoms with E-state index in [0.29, 0.717) is 30.3 Å². The zero-order valence-electron chi connectivity index (χ0n) is 14.0. The number of nitrogens with zero attached hydrogens (tertiary/aromatic N) is 1. The van der Waals surface area contributed by atoms with Crippen LogP contribution in [0, 0.1) is 11.8 Å². The summed E-state index contributed by atoms with van der Waals surface area (Å²) in [6, 6.07) is 1.06. The first-order chi connectivity index (χ1) is 9.85. The van der Waals surface area contributed by atoms with Crippen molar-refractivity contribution in [1.82, 2.24) is 10.2 Å². The summed E-state index contributed by atoms with van der Waals surface area (Å²) in [5.74, 6) is 1.74. The minimum absolute atomic E-state index is 0.259. The molecule has 0 amide bonds. The first-order valence-electron chi connectivity index (χ1n) is 8.54. The van der Waals surface area contributed by atoms with Gasteiger partial charge in [0.2, 0.25) is 0 Å². The highest BCUT2D eigenvalue weighted by Gasteiger charge is 2.39. The summed E-state index contributed by atoms with van der Waals surface area (Å²) >= 11 is 0. The van der Waals surface area contributed by atoms with Gasteiger partial charge in [-0.05, 0) is 38.5 Å². The molecule has 0 aromatic heterocycles. The predicted octanol–water partition coefficient (Wildman–Crippen LogP) is 1.91. The van der Waals surface area contributed by atoms with Crippen molar-refractivity contribution in [2.75, 3.05) is 25.4 Å². The Morgan fingerprint density at radius 2 is 1.90 bits per heavy atom. The second-order valence-electron chi connectivity index (χ2n) is 7.22. The molecule has 1 saturated heterocycles. The highest BCUT2D eigenvalue weighted by molar-refractivity contribution is 7.92. The molecule has 0 aromatic rings. The molecule has 21 heavy (non-hydrogen) atoms. The molecule has 0 spiro atoms. The monoisotopic (exact) mass is 316 g/mol. The smallest absolute Gasteiger partial charge is 0.153 e. The van der Waals surface area contributed by atoms with Crippen LogP contribution in [0.25, 0.3) is 0 Å². The minimum Gasteiger partial charge on any atom is -0.311 e. The minimum atomic E-state index is -2.93. The van der Waals surface area contributed by atoms with Crippen LogP contribution in [-0.2, 0) is 9.84 Å². The molecule has 5 heteroatoms. The highest BCUT2D eigenvalue weighted by atomic mass is 32.2. The van der Waals surface area contributed by atoms with Gasteiger partial charge in [-0.1, -0.05) is 20.3 Å². The second-order valence-corrected chi connectivity index (χ2v) is 9.89. The van der Waals surface area contributed by atoms with E-state index < -0.39 is 9.84 Å². The number of piperazine rings is 1. The molecule has 1 heterocycles. The summed E-state index contributed by atoms with van der Waals surface area (Å²) in [4.78, 5) is 2.46. The average molecular weight is 317 g/mol. The van der Waals surface area contributed by atoms with E-state index in [0.717, 1.165) is 19.0 Å². The summed E-state index contributed by atoms with van der Waals surface area (Å²) in [5.41, 5.74) is 0. The van der Waals surface area contributed by atoms with Crippen molar-refractivity contribution in [2.45, 2.75) is 64.3 Å². The van der Waals surface area contributed by atoms with Crippen LogP contribution in [0.5, 0.6) is 0 Å². The Bertz CT molecular complexity index is 432. The zero-order valence-corrected chi connectivity index (χ0v) is 14.8. The van der Waals surface area contributed by atoms with Crippen molar-refractivity contribution in [3.05, 3.63) is 0 Å². The topological polar surface area (TPSA) is 49.4 Å². The van der Waals surface area contributed by atoms with Crippen LogP contribution in [-0.4, -0.2) is 56.0 Å². The molecular formula is C16H32N2O2S. The molecule has 0 bridgehead atoms. The van der Waals surface area contributed by atoms with Crippen LogP contribution < -0.4 is 5.32 Å². The molecular weight excluding hydrogens is 284 g/mol. The van der Waals surface area contributed by atoms with Gasteiger partial charge in [0.1, 0.15) is 0 Å². The Kier molecular flexibility index (Phi) is 5.71. The molecule has 0 aromatic carbocycles. The third-order valence-corrected chi connectivity index (χ3v) is 7.56. The Labute approximate surface area is 130 Å². The van der Waals surface area contributed by atoms with Crippen molar-refractivity contribution in [1.29, 1.82) is 0 Å². The number of sulfone groups is 1. The summed E-state index contributed by atoms with van der Waals surface area (Å²) in [6.07, 6.45) is 3.80. The lowest BCUT2D eigenvalue weighted by Gasteiger charge is -2.42. The maximum Gasteiger partial charge on any atom is 0.153 e. The SMILES string of the molecule is CCC(C)C1CN(CCS(=O)(=O)C(C)C)C(C2CC2)CN1. The summed E-state index contributed by atoms with van der Waals surface area (Å²) in [7, 11) is -2.93. The third kappa shape index (κ3) is 4.42. The van der Waals surface area contributed by atoms with Gasteiger partial charge in [0.15, 0.2) is 9.84 Å². The van der Waals surface area contributed by atoms with Crippen molar-refractivity contribution < 1.29 is 8.42 Å².